The number of aryl methyl sites for hydroxylation is 2. The summed E-state index contributed by atoms with van der Waals surface area (Å²) < 4.78 is 1.84. The van der Waals surface area contributed by atoms with Crippen LogP contribution in [-0.2, 0) is 0 Å². The molecule has 0 unspecified atom stereocenters. The first kappa shape index (κ1) is 7.78. The van der Waals surface area contributed by atoms with Crippen LogP contribution < -0.4 is 5.73 Å². The van der Waals surface area contributed by atoms with E-state index < -0.39 is 0 Å². The average molecular weight is 178 g/mol. The van der Waals surface area contributed by atoms with E-state index >= 15 is 0 Å². The molecule has 0 aliphatic carbocycles. The van der Waals surface area contributed by atoms with Crippen molar-refractivity contribution in [2.24, 2.45) is 0 Å². The Morgan fingerprint density at radius 2 is 1.85 bits per heavy atom. The molecule has 0 saturated carbocycles. The van der Waals surface area contributed by atoms with Gasteiger partial charge in [-0.1, -0.05) is 5.10 Å². The number of anilines is 1. The molecule has 0 radical (unpaired) electrons. The van der Waals surface area contributed by atoms with Gasteiger partial charge in [-0.3, -0.25) is 0 Å². The lowest BCUT2D eigenvalue weighted by Gasteiger charge is -2.07. The summed E-state index contributed by atoms with van der Waals surface area (Å²) in [4.78, 5) is 1.46. The molecule has 6 heteroatoms. The zero-order chi connectivity index (χ0) is 9.42. The van der Waals surface area contributed by atoms with E-state index in [9.17, 15) is 0 Å². The number of nitrogens with zero attached hydrogens (tertiary/aromatic N) is 5. The van der Waals surface area contributed by atoms with Gasteiger partial charge in [-0.05, 0) is 36.4 Å². The minimum Gasteiger partial charge on any atom is -0.365 e. The molecule has 0 aliphatic heterocycles. The highest BCUT2D eigenvalue weighted by molar-refractivity contribution is 5.18. The number of hydrogen-bond acceptors (Lipinski definition) is 4. The summed E-state index contributed by atoms with van der Waals surface area (Å²) in [5.74, 6) is 0.280. The van der Waals surface area contributed by atoms with Gasteiger partial charge in [0.25, 0.3) is 5.95 Å². The monoisotopic (exact) mass is 178 g/mol. The minimum absolute atomic E-state index is 0.280. The van der Waals surface area contributed by atoms with E-state index in [4.69, 9.17) is 5.73 Å². The van der Waals surface area contributed by atoms with Gasteiger partial charge in [0.1, 0.15) is 0 Å². The maximum absolute atomic E-state index is 5.58. The van der Waals surface area contributed by atoms with Crippen molar-refractivity contribution in [1.29, 1.82) is 0 Å². The second kappa shape index (κ2) is 2.58. The molecule has 2 heterocycles. The van der Waals surface area contributed by atoms with Crippen LogP contribution in [0.5, 0.6) is 0 Å². The third kappa shape index (κ3) is 1.07. The van der Waals surface area contributed by atoms with E-state index in [2.05, 4.69) is 15.5 Å². The van der Waals surface area contributed by atoms with Crippen LogP contribution in [0.2, 0.25) is 0 Å². The van der Waals surface area contributed by atoms with E-state index in [0.29, 0.717) is 0 Å². The van der Waals surface area contributed by atoms with Crippen LogP contribution in [0.3, 0.4) is 0 Å². The highest BCUT2D eigenvalue weighted by atomic mass is 15.7. The highest BCUT2D eigenvalue weighted by Gasteiger charge is 2.07. The summed E-state index contributed by atoms with van der Waals surface area (Å²) in [7, 11) is 0. The molecule has 0 aromatic carbocycles. The standard InChI is InChI=1S/C7H10N6/c1-5-3-4-6(2)12(5)13-7(8)9-10-11-13/h3-4H,1-2H3,(H2,8,9,11). The van der Waals surface area contributed by atoms with Crippen molar-refractivity contribution in [3.63, 3.8) is 0 Å². The SMILES string of the molecule is Cc1ccc(C)n1-n1nnnc1N. The number of tetrazole rings is 1. The fourth-order valence-electron chi connectivity index (χ4n) is 1.29. The van der Waals surface area contributed by atoms with Gasteiger partial charge in [0, 0.05) is 11.4 Å². The van der Waals surface area contributed by atoms with Crippen LogP contribution in [0.25, 0.3) is 0 Å². The molecule has 0 bridgehead atoms. The summed E-state index contributed by atoms with van der Waals surface area (Å²) in [6, 6.07) is 3.97. The second-order valence-electron chi connectivity index (χ2n) is 2.85. The largest absolute Gasteiger partial charge is 0.365 e. The Hall–Kier alpha value is -1.85. The predicted octanol–water partition coefficient (Wildman–Crippen LogP) is -0.0150. The van der Waals surface area contributed by atoms with Crippen LogP contribution in [0, 0.1) is 13.8 Å². The van der Waals surface area contributed by atoms with Crippen molar-refractivity contribution in [3.8, 4) is 0 Å². The molecular weight excluding hydrogens is 168 g/mol. The Balaban J connectivity index is 2.64. The zero-order valence-electron chi connectivity index (χ0n) is 7.47. The molecule has 0 fully saturated rings. The van der Waals surface area contributed by atoms with E-state index in [1.165, 1.54) is 4.79 Å². The lowest BCUT2D eigenvalue weighted by Crippen LogP contribution is -2.16. The van der Waals surface area contributed by atoms with Crippen LogP contribution in [0.4, 0.5) is 5.95 Å². The van der Waals surface area contributed by atoms with Crippen LogP contribution in [-0.4, -0.2) is 25.0 Å². The first-order valence-electron chi connectivity index (χ1n) is 3.89. The van der Waals surface area contributed by atoms with Crippen molar-refractivity contribution in [2.45, 2.75) is 13.8 Å². The molecule has 13 heavy (non-hydrogen) atoms. The molecule has 0 aliphatic rings. The van der Waals surface area contributed by atoms with Gasteiger partial charge in [-0.15, -0.1) is 4.79 Å². The third-order valence-electron chi connectivity index (χ3n) is 1.90. The highest BCUT2D eigenvalue weighted by Crippen LogP contribution is 2.08. The van der Waals surface area contributed by atoms with Crippen molar-refractivity contribution in [1.82, 2.24) is 25.0 Å². The van der Waals surface area contributed by atoms with Crippen LogP contribution in [0.15, 0.2) is 12.1 Å². The molecule has 0 saturated heterocycles. The van der Waals surface area contributed by atoms with Crippen molar-refractivity contribution >= 4 is 5.95 Å². The predicted molar refractivity (Wildman–Crippen MR) is 46.9 cm³/mol. The van der Waals surface area contributed by atoms with Gasteiger partial charge in [0.15, 0.2) is 0 Å². The third-order valence-corrected chi connectivity index (χ3v) is 1.90. The molecule has 6 nitrogen and oxygen atoms in total. The fraction of sp³-hybridized carbons (Fsp3) is 0.286. The Morgan fingerprint density at radius 1 is 1.23 bits per heavy atom. The van der Waals surface area contributed by atoms with Gasteiger partial charge in [0.2, 0.25) is 0 Å². The smallest absolute Gasteiger partial charge is 0.261 e. The van der Waals surface area contributed by atoms with E-state index in [1.807, 2.05) is 30.7 Å². The van der Waals surface area contributed by atoms with Crippen molar-refractivity contribution < 1.29 is 0 Å². The first-order valence-corrected chi connectivity index (χ1v) is 3.89. The number of nitrogens with two attached hydrogens (primary N) is 1. The Labute approximate surface area is 74.9 Å². The normalized spacial score (nSPS) is 10.6. The van der Waals surface area contributed by atoms with Crippen molar-refractivity contribution in [2.75, 3.05) is 5.73 Å². The maximum atomic E-state index is 5.58. The summed E-state index contributed by atoms with van der Waals surface area (Å²) in [5, 5.41) is 10.9. The molecule has 0 atom stereocenters. The minimum atomic E-state index is 0.280. The number of rotatable bonds is 1. The number of nitrogen functional groups attached to an aromatic ring is 1. The first-order chi connectivity index (χ1) is 6.20. The molecule has 2 N–H and O–H groups in total. The number of hydrogen-bond donors (Lipinski definition) is 1. The van der Waals surface area contributed by atoms with Gasteiger partial charge in [-0.2, -0.15) is 0 Å². The molecule has 68 valence electrons. The quantitative estimate of drug-likeness (QED) is 0.666. The van der Waals surface area contributed by atoms with Gasteiger partial charge < -0.3 is 5.73 Å². The fourth-order valence-corrected chi connectivity index (χ4v) is 1.29. The lowest BCUT2D eigenvalue weighted by atomic mass is 10.5. The molecular formula is C7H10N6. The molecule has 0 spiro atoms. The average Bonchev–Trinajstić information content (AvgIpc) is 2.60. The van der Waals surface area contributed by atoms with E-state index in [1.54, 1.807) is 0 Å². The Bertz CT molecular complexity index is 406. The van der Waals surface area contributed by atoms with Gasteiger partial charge in [0.05, 0.1) is 0 Å². The molecule has 2 aromatic rings. The summed E-state index contributed by atoms with van der Waals surface area (Å²) in [5.41, 5.74) is 7.65. The van der Waals surface area contributed by atoms with Crippen LogP contribution >= 0.6 is 0 Å². The zero-order valence-corrected chi connectivity index (χ0v) is 7.47. The Morgan fingerprint density at radius 3 is 2.31 bits per heavy atom. The van der Waals surface area contributed by atoms with Gasteiger partial charge >= 0.3 is 0 Å². The maximum Gasteiger partial charge on any atom is 0.261 e. The molecule has 2 aromatic heterocycles. The Kier molecular flexibility index (Phi) is 1.54. The molecule has 0 amide bonds. The lowest BCUT2D eigenvalue weighted by molar-refractivity contribution is 0.535. The van der Waals surface area contributed by atoms with E-state index in [-0.39, 0.29) is 5.95 Å². The van der Waals surface area contributed by atoms with Crippen molar-refractivity contribution in [3.05, 3.63) is 23.5 Å². The topological polar surface area (TPSA) is 74.5 Å². The molecule has 2 rings (SSSR count). The summed E-state index contributed by atoms with van der Waals surface area (Å²) in [6.45, 7) is 3.93. The summed E-state index contributed by atoms with van der Waals surface area (Å²) >= 11 is 0. The number of aromatic nitrogens is 5. The van der Waals surface area contributed by atoms with Gasteiger partial charge in [-0.25, -0.2) is 4.68 Å². The summed E-state index contributed by atoms with van der Waals surface area (Å²) in [6.07, 6.45) is 0. The van der Waals surface area contributed by atoms with Crippen LogP contribution in [0.1, 0.15) is 11.4 Å². The van der Waals surface area contributed by atoms with E-state index in [0.717, 1.165) is 11.4 Å². The second-order valence-corrected chi connectivity index (χ2v) is 2.85.